The van der Waals surface area contributed by atoms with Gasteiger partial charge in [0.05, 0.1) is 14.2 Å². The van der Waals surface area contributed by atoms with Gasteiger partial charge in [-0.3, -0.25) is 0 Å². The largest absolute Gasteiger partial charge is 0.497 e. The van der Waals surface area contributed by atoms with E-state index in [4.69, 9.17) is 9.47 Å². The minimum atomic E-state index is 0.285. The van der Waals surface area contributed by atoms with Gasteiger partial charge >= 0.3 is 0 Å². The van der Waals surface area contributed by atoms with E-state index in [1.165, 1.54) is 16.3 Å². The molecule has 0 aromatic heterocycles. The lowest BCUT2D eigenvalue weighted by Gasteiger charge is -2.18. The predicted octanol–water partition coefficient (Wildman–Crippen LogP) is 4.90. The second-order valence-corrected chi connectivity index (χ2v) is 6.00. The quantitative estimate of drug-likeness (QED) is 0.700. The Labute approximate surface area is 143 Å². The minimum Gasteiger partial charge on any atom is -0.497 e. The fourth-order valence-electron chi connectivity index (χ4n) is 3.01. The van der Waals surface area contributed by atoms with Gasteiger partial charge in [0.1, 0.15) is 11.5 Å². The zero-order chi connectivity index (χ0) is 16.9. The Morgan fingerprint density at radius 1 is 0.875 bits per heavy atom. The first kappa shape index (κ1) is 16.2. The summed E-state index contributed by atoms with van der Waals surface area (Å²) in [6, 6.07) is 21.1. The van der Waals surface area contributed by atoms with E-state index >= 15 is 0 Å². The van der Waals surface area contributed by atoms with Crippen molar-refractivity contribution in [3.63, 3.8) is 0 Å². The SMILES string of the molecule is COc1cc(C[C@@H](C)Nc2cccc3ccccc23)cc(OC)c1. The zero-order valence-electron chi connectivity index (χ0n) is 14.4. The van der Waals surface area contributed by atoms with Gasteiger partial charge in [-0.2, -0.15) is 0 Å². The molecule has 1 atom stereocenters. The number of fused-ring (bicyclic) bond motifs is 1. The standard InChI is InChI=1S/C21H23NO2/c1-15(11-16-12-18(23-2)14-19(13-16)24-3)22-21-10-6-8-17-7-4-5-9-20(17)21/h4-10,12-15,22H,11H2,1-3H3/t15-/m1/s1. The molecule has 0 saturated heterocycles. The van der Waals surface area contributed by atoms with Gasteiger partial charge in [0.25, 0.3) is 0 Å². The van der Waals surface area contributed by atoms with E-state index in [2.05, 4.69) is 66.8 Å². The lowest BCUT2D eigenvalue weighted by molar-refractivity contribution is 0.393. The Bertz CT molecular complexity index is 801. The fraction of sp³-hybridized carbons (Fsp3) is 0.238. The van der Waals surface area contributed by atoms with Crippen LogP contribution in [0.3, 0.4) is 0 Å². The van der Waals surface area contributed by atoms with Gasteiger partial charge in [-0.05, 0) is 42.5 Å². The third-order valence-electron chi connectivity index (χ3n) is 4.14. The summed E-state index contributed by atoms with van der Waals surface area (Å²) in [6.45, 7) is 2.19. The predicted molar refractivity (Wildman–Crippen MR) is 100 cm³/mol. The van der Waals surface area contributed by atoms with Crippen molar-refractivity contribution >= 4 is 16.5 Å². The Kier molecular flexibility index (Phi) is 4.90. The average molecular weight is 321 g/mol. The fourth-order valence-corrected chi connectivity index (χ4v) is 3.01. The summed E-state index contributed by atoms with van der Waals surface area (Å²) in [5.41, 5.74) is 2.35. The summed E-state index contributed by atoms with van der Waals surface area (Å²) in [7, 11) is 3.35. The number of benzene rings is 3. The van der Waals surface area contributed by atoms with Gasteiger partial charge in [-0.15, -0.1) is 0 Å². The molecular weight excluding hydrogens is 298 g/mol. The molecule has 0 aliphatic heterocycles. The van der Waals surface area contributed by atoms with Crippen LogP contribution in [0.5, 0.6) is 11.5 Å². The highest BCUT2D eigenvalue weighted by Crippen LogP contribution is 2.26. The highest BCUT2D eigenvalue weighted by molar-refractivity contribution is 5.93. The molecule has 0 saturated carbocycles. The number of hydrogen-bond acceptors (Lipinski definition) is 3. The van der Waals surface area contributed by atoms with Crippen LogP contribution in [0.2, 0.25) is 0 Å². The van der Waals surface area contributed by atoms with E-state index in [0.717, 1.165) is 23.6 Å². The van der Waals surface area contributed by atoms with Crippen LogP contribution in [0.4, 0.5) is 5.69 Å². The summed E-state index contributed by atoms with van der Waals surface area (Å²) in [5, 5.41) is 6.12. The first-order chi connectivity index (χ1) is 11.7. The number of anilines is 1. The maximum atomic E-state index is 5.35. The number of nitrogens with one attached hydrogen (secondary N) is 1. The van der Waals surface area contributed by atoms with Crippen LogP contribution in [0.25, 0.3) is 10.8 Å². The van der Waals surface area contributed by atoms with Crippen LogP contribution in [0.15, 0.2) is 60.7 Å². The molecule has 0 fully saturated rings. The summed E-state index contributed by atoms with van der Waals surface area (Å²) in [4.78, 5) is 0. The van der Waals surface area contributed by atoms with E-state index in [0.29, 0.717) is 0 Å². The molecule has 3 aromatic carbocycles. The number of rotatable bonds is 6. The monoisotopic (exact) mass is 321 g/mol. The van der Waals surface area contributed by atoms with E-state index in [-0.39, 0.29) is 6.04 Å². The number of hydrogen-bond donors (Lipinski definition) is 1. The molecule has 0 unspecified atom stereocenters. The maximum Gasteiger partial charge on any atom is 0.122 e. The van der Waals surface area contributed by atoms with Crippen LogP contribution < -0.4 is 14.8 Å². The molecule has 3 heteroatoms. The second kappa shape index (κ2) is 7.26. The van der Waals surface area contributed by atoms with Gasteiger partial charge in [0.2, 0.25) is 0 Å². The van der Waals surface area contributed by atoms with E-state index < -0.39 is 0 Å². The van der Waals surface area contributed by atoms with E-state index in [9.17, 15) is 0 Å². The first-order valence-corrected chi connectivity index (χ1v) is 8.16. The zero-order valence-corrected chi connectivity index (χ0v) is 14.4. The van der Waals surface area contributed by atoms with Gasteiger partial charge in [-0.25, -0.2) is 0 Å². The van der Waals surface area contributed by atoms with Crippen molar-refractivity contribution in [2.75, 3.05) is 19.5 Å². The van der Waals surface area contributed by atoms with Crippen molar-refractivity contribution in [3.8, 4) is 11.5 Å². The lowest BCUT2D eigenvalue weighted by atomic mass is 10.0. The van der Waals surface area contributed by atoms with E-state index in [1.807, 2.05) is 6.07 Å². The van der Waals surface area contributed by atoms with Crippen LogP contribution >= 0.6 is 0 Å². The molecule has 0 aliphatic carbocycles. The van der Waals surface area contributed by atoms with Crippen molar-refractivity contribution in [1.29, 1.82) is 0 Å². The smallest absolute Gasteiger partial charge is 0.122 e. The molecule has 3 rings (SSSR count). The molecule has 3 nitrogen and oxygen atoms in total. The Balaban J connectivity index is 1.79. The van der Waals surface area contributed by atoms with Gasteiger partial charge in [0.15, 0.2) is 0 Å². The third-order valence-corrected chi connectivity index (χ3v) is 4.14. The minimum absolute atomic E-state index is 0.285. The molecule has 0 heterocycles. The van der Waals surface area contributed by atoms with Crippen LogP contribution in [0.1, 0.15) is 12.5 Å². The van der Waals surface area contributed by atoms with Gasteiger partial charge in [0, 0.05) is 23.2 Å². The topological polar surface area (TPSA) is 30.5 Å². The Morgan fingerprint density at radius 3 is 2.25 bits per heavy atom. The molecule has 0 radical (unpaired) electrons. The Morgan fingerprint density at radius 2 is 1.54 bits per heavy atom. The molecule has 0 spiro atoms. The van der Waals surface area contributed by atoms with E-state index in [1.54, 1.807) is 14.2 Å². The molecule has 3 aromatic rings. The van der Waals surface area contributed by atoms with Gasteiger partial charge in [-0.1, -0.05) is 36.4 Å². The normalized spacial score (nSPS) is 12.0. The molecule has 0 aliphatic rings. The number of methoxy groups -OCH3 is 2. The number of ether oxygens (including phenoxy) is 2. The molecule has 0 bridgehead atoms. The lowest BCUT2D eigenvalue weighted by Crippen LogP contribution is -2.18. The highest BCUT2D eigenvalue weighted by atomic mass is 16.5. The van der Waals surface area contributed by atoms with Crippen molar-refractivity contribution in [1.82, 2.24) is 0 Å². The molecule has 24 heavy (non-hydrogen) atoms. The van der Waals surface area contributed by atoms with Crippen LogP contribution in [0, 0.1) is 0 Å². The summed E-state index contributed by atoms with van der Waals surface area (Å²) in [5.74, 6) is 1.64. The maximum absolute atomic E-state index is 5.35. The van der Waals surface area contributed by atoms with Gasteiger partial charge < -0.3 is 14.8 Å². The van der Waals surface area contributed by atoms with Crippen molar-refractivity contribution in [2.24, 2.45) is 0 Å². The molecular formula is C21H23NO2. The summed E-state index contributed by atoms with van der Waals surface area (Å²) in [6.07, 6.45) is 0.886. The second-order valence-electron chi connectivity index (χ2n) is 6.00. The van der Waals surface area contributed by atoms with Crippen LogP contribution in [-0.4, -0.2) is 20.3 Å². The average Bonchev–Trinajstić information content (AvgIpc) is 2.61. The third kappa shape index (κ3) is 3.62. The molecule has 124 valence electrons. The van der Waals surface area contributed by atoms with Crippen LogP contribution in [-0.2, 0) is 6.42 Å². The highest BCUT2D eigenvalue weighted by Gasteiger charge is 2.09. The van der Waals surface area contributed by atoms with Crippen molar-refractivity contribution < 1.29 is 9.47 Å². The molecule has 0 amide bonds. The van der Waals surface area contributed by atoms with Crippen molar-refractivity contribution in [3.05, 3.63) is 66.2 Å². The first-order valence-electron chi connectivity index (χ1n) is 8.16. The Hall–Kier alpha value is -2.68. The van der Waals surface area contributed by atoms with Crippen molar-refractivity contribution in [2.45, 2.75) is 19.4 Å². The summed E-state index contributed by atoms with van der Waals surface area (Å²) >= 11 is 0. The molecule has 1 N–H and O–H groups in total. The summed E-state index contributed by atoms with van der Waals surface area (Å²) < 4.78 is 10.7.